The molecule has 1 aromatic rings. The van der Waals surface area contributed by atoms with Crippen LogP contribution in [0.25, 0.3) is 0 Å². The number of anilines is 1. The van der Waals surface area contributed by atoms with Gasteiger partial charge in [-0.1, -0.05) is 11.6 Å². The van der Waals surface area contributed by atoms with Gasteiger partial charge >= 0.3 is 0 Å². The lowest BCUT2D eigenvalue weighted by Crippen LogP contribution is -2.31. The molecule has 1 saturated heterocycles. The number of hydrogen-bond acceptors (Lipinski definition) is 4. The predicted octanol–water partition coefficient (Wildman–Crippen LogP) is 2.09. The summed E-state index contributed by atoms with van der Waals surface area (Å²) in [5.41, 5.74) is 0.734. The van der Waals surface area contributed by atoms with Gasteiger partial charge in [-0.15, -0.1) is 0 Å². The van der Waals surface area contributed by atoms with Gasteiger partial charge in [0.15, 0.2) is 0 Å². The van der Waals surface area contributed by atoms with Crippen LogP contribution in [0.2, 0.25) is 5.02 Å². The molecule has 5 heteroatoms. The Labute approximate surface area is 113 Å². The van der Waals surface area contributed by atoms with Gasteiger partial charge in [-0.25, -0.2) is 4.98 Å². The second kappa shape index (κ2) is 6.36. The Hall–Kier alpha value is -0.840. The first kappa shape index (κ1) is 13.6. The zero-order valence-electron chi connectivity index (χ0n) is 10.6. The minimum absolute atomic E-state index is 0.0345. The van der Waals surface area contributed by atoms with E-state index in [1.165, 1.54) is 6.42 Å². The summed E-state index contributed by atoms with van der Waals surface area (Å²) in [6, 6.07) is 1.76. The summed E-state index contributed by atoms with van der Waals surface area (Å²) in [6.45, 7) is 2.56. The molecule has 1 unspecified atom stereocenters. The Kier molecular flexibility index (Phi) is 4.80. The number of ether oxygens (including phenoxy) is 1. The maximum absolute atomic E-state index is 9.02. The minimum atomic E-state index is -0.0345. The summed E-state index contributed by atoms with van der Waals surface area (Å²) in [6.07, 6.45) is 3.98. The maximum atomic E-state index is 9.02. The Morgan fingerprint density at radius 1 is 1.61 bits per heavy atom. The molecule has 0 aromatic carbocycles. The van der Waals surface area contributed by atoms with Crippen LogP contribution in [0.3, 0.4) is 0 Å². The largest absolute Gasteiger partial charge is 0.392 e. The lowest BCUT2D eigenvalue weighted by atomic mass is 10.0. The van der Waals surface area contributed by atoms with Gasteiger partial charge in [0.2, 0.25) is 0 Å². The Balaban J connectivity index is 2.01. The van der Waals surface area contributed by atoms with E-state index in [9.17, 15) is 0 Å². The van der Waals surface area contributed by atoms with Gasteiger partial charge in [0.1, 0.15) is 5.82 Å². The van der Waals surface area contributed by atoms with E-state index in [0.29, 0.717) is 10.9 Å². The number of rotatable bonds is 4. The highest BCUT2D eigenvalue weighted by molar-refractivity contribution is 6.33. The molecule has 0 bridgehead atoms. The van der Waals surface area contributed by atoms with Crippen LogP contribution < -0.4 is 4.90 Å². The minimum Gasteiger partial charge on any atom is -0.392 e. The lowest BCUT2D eigenvalue weighted by molar-refractivity contribution is 0.0576. The third-order valence-electron chi connectivity index (χ3n) is 3.21. The highest BCUT2D eigenvalue weighted by Gasteiger charge is 2.18. The second-order valence-electron chi connectivity index (χ2n) is 4.77. The smallest absolute Gasteiger partial charge is 0.147 e. The van der Waals surface area contributed by atoms with Gasteiger partial charge in [-0.2, -0.15) is 0 Å². The number of hydrogen-bond donors (Lipinski definition) is 1. The van der Waals surface area contributed by atoms with Crippen LogP contribution in [0.1, 0.15) is 18.4 Å². The van der Waals surface area contributed by atoms with Gasteiger partial charge in [0, 0.05) is 26.4 Å². The molecule has 1 fully saturated rings. The standard InChI is InChI=1S/C13H19ClN2O2/c1-16(7-10-3-2-4-18-9-10)13-12(14)5-11(8-17)6-15-13/h5-6,10,17H,2-4,7-9H2,1H3. The molecule has 18 heavy (non-hydrogen) atoms. The Bertz CT molecular complexity index is 395. The molecular formula is C13H19ClN2O2. The molecule has 1 atom stereocenters. The molecule has 0 spiro atoms. The summed E-state index contributed by atoms with van der Waals surface area (Å²) < 4.78 is 5.47. The monoisotopic (exact) mass is 270 g/mol. The van der Waals surface area contributed by atoms with E-state index in [0.717, 1.165) is 37.6 Å². The number of pyridine rings is 1. The number of aliphatic hydroxyl groups is 1. The van der Waals surface area contributed by atoms with Crippen molar-refractivity contribution in [3.8, 4) is 0 Å². The summed E-state index contributed by atoms with van der Waals surface area (Å²) in [4.78, 5) is 6.37. The average molecular weight is 271 g/mol. The Morgan fingerprint density at radius 3 is 3.06 bits per heavy atom. The molecule has 0 saturated carbocycles. The van der Waals surface area contributed by atoms with E-state index < -0.39 is 0 Å². The van der Waals surface area contributed by atoms with Crippen LogP contribution in [-0.2, 0) is 11.3 Å². The summed E-state index contributed by atoms with van der Waals surface area (Å²) in [5.74, 6) is 1.30. The van der Waals surface area contributed by atoms with Crippen molar-refractivity contribution < 1.29 is 9.84 Å². The average Bonchev–Trinajstić information content (AvgIpc) is 2.39. The third-order valence-corrected chi connectivity index (χ3v) is 3.49. The molecule has 1 aliphatic heterocycles. The van der Waals surface area contributed by atoms with Crippen molar-refractivity contribution in [2.45, 2.75) is 19.4 Å². The molecule has 0 amide bonds. The highest BCUT2D eigenvalue weighted by atomic mass is 35.5. The zero-order chi connectivity index (χ0) is 13.0. The van der Waals surface area contributed by atoms with Crippen LogP contribution in [0.15, 0.2) is 12.3 Å². The number of aliphatic hydroxyl groups excluding tert-OH is 1. The molecule has 4 nitrogen and oxygen atoms in total. The van der Waals surface area contributed by atoms with E-state index >= 15 is 0 Å². The topological polar surface area (TPSA) is 45.6 Å². The highest BCUT2D eigenvalue weighted by Crippen LogP contribution is 2.25. The first-order valence-electron chi connectivity index (χ1n) is 6.25. The van der Waals surface area contributed by atoms with Crippen LogP contribution in [-0.4, -0.2) is 36.9 Å². The lowest BCUT2D eigenvalue weighted by Gasteiger charge is -2.28. The third kappa shape index (κ3) is 3.34. The van der Waals surface area contributed by atoms with Crippen molar-refractivity contribution in [1.29, 1.82) is 0 Å². The van der Waals surface area contributed by atoms with E-state index in [1.807, 2.05) is 7.05 Å². The molecule has 2 rings (SSSR count). The number of halogens is 1. The van der Waals surface area contributed by atoms with Crippen LogP contribution in [0, 0.1) is 5.92 Å². The predicted molar refractivity (Wildman–Crippen MR) is 72.0 cm³/mol. The molecule has 1 aliphatic rings. The molecule has 100 valence electrons. The fourth-order valence-electron chi connectivity index (χ4n) is 2.26. The van der Waals surface area contributed by atoms with Gasteiger partial charge in [-0.05, 0) is 30.4 Å². The quantitative estimate of drug-likeness (QED) is 0.910. The van der Waals surface area contributed by atoms with Crippen LogP contribution >= 0.6 is 11.6 Å². The molecule has 1 aromatic heterocycles. The molecule has 0 radical (unpaired) electrons. The summed E-state index contributed by atoms with van der Waals surface area (Å²) in [5, 5.41) is 9.61. The molecule has 0 aliphatic carbocycles. The summed E-state index contributed by atoms with van der Waals surface area (Å²) >= 11 is 6.17. The second-order valence-corrected chi connectivity index (χ2v) is 5.18. The summed E-state index contributed by atoms with van der Waals surface area (Å²) in [7, 11) is 1.99. The van der Waals surface area contributed by atoms with Crippen molar-refractivity contribution in [2.24, 2.45) is 5.92 Å². The van der Waals surface area contributed by atoms with E-state index in [1.54, 1.807) is 12.3 Å². The molecule has 1 N–H and O–H groups in total. The Morgan fingerprint density at radius 2 is 2.44 bits per heavy atom. The first-order chi connectivity index (χ1) is 8.70. The van der Waals surface area contributed by atoms with Crippen molar-refractivity contribution in [3.63, 3.8) is 0 Å². The number of nitrogens with zero attached hydrogens (tertiary/aromatic N) is 2. The molecular weight excluding hydrogens is 252 g/mol. The van der Waals surface area contributed by atoms with Gasteiger partial charge < -0.3 is 14.7 Å². The van der Waals surface area contributed by atoms with Crippen molar-refractivity contribution in [1.82, 2.24) is 4.98 Å². The zero-order valence-corrected chi connectivity index (χ0v) is 11.4. The van der Waals surface area contributed by atoms with Gasteiger partial charge in [-0.3, -0.25) is 0 Å². The van der Waals surface area contributed by atoms with Crippen LogP contribution in [0.5, 0.6) is 0 Å². The van der Waals surface area contributed by atoms with Crippen LogP contribution in [0.4, 0.5) is 5.82 Å². The van der Waals surface area contributed by atoms with Crippen molar-refractivity contribution in [3.05, 3.63) is 22.8 Å². The van der Waals surface area contributed by atoms with Gasteiger partial charge in [0.05, 0.1) is 18.2 Å². The fourth-order valence-corrected chi connectivity index (χ4v) is 2.60. The van der Waals surface area contributed by atoms with Crippen molar-refractivity contribution in [2.75, 3.05) is 31.7 Å². The molecule has 2 heterocycles. The van der Waals surface area contributed by atoms with E-state index in [-0.39, 0.29) is 6.61 Å². The normalized spacial score (nSPS) is 19.8. The first-order valence-corrected chi connectivity index (χ1v) is 6.62. The maximum Gasteiger partial charge on any atom is 0.147 e. The van der Waals surface area contributed by atoms with E-state index in [4.69, 9.17) is 21.4 Å². The number of aromatic nitrogens is 1. The fraction of sp³-hybridized carbons (Fsp3) is 0.615. The van der Waals surface area contributed by atoms with Crippen molar-refractivity contribution >= 4 is 17.4 Å². The van der Waals surface area contributed by atoms with Gasteiger partial charge in [0.25, 0.3) is 0 Å². The van der Waals surface area contributed by atoms with E-state index in [2.05, 4.69) is 9.88 Å². The SMILES string of the molecule is CN(CC1CCCOC1)c1ncc(CO)cc1Cl.